The number of hydrogen-bond acceptors (Lipinski definition) is 8. The summed E-state index contributed by atoms with van der Waals surface area (Å²) in [7, 11) is 0. The summed E-state index contributed by atoms with van der Waals surface area (Å²) in [5.74, 6) is 2.61. The summed E-state index contributed by atoms with van der Waals surface area (Å²) in [5, 5.41) is 13.6. The molecule has 10 nitrogen and oxygen atoms in total. The third-order valence-electron chi connectivity index (χ3n) is 8.97. The molecular formula is C29H38FN5O5. The highest BCUT2D eigenvalue weighted by Crippen LogP contribution is 2.51. The lowest BCUT2D eigenvalue weighted by Crippen LogP contribution is -2.47. The van der Waals surface area contributed by atoms with Crippen molar-refractivity contribution in [2.45, 2.75) is 108 Å². The van der Waals surface area contributed by atoms with Crippen molar-refractivity contribution in [3.05, 3.63) is 12.4 Å². The second-order valence-corrected chi connectivity index (χ2v) is 11.6. The number of nitrogens with one attached hydrogen (secondary N) is 1. The Morgan fingerprint density at radius 1 is 1.23 bits per heavy atom. The van der Waals surface area contributed by atoms with Crippen LogP contribution in [0, 0.1) is 29.8 Å². The van der Waals surface area contributed by atoms with Crippen LogP contribution in [0.1, 0.15) is 96.6 Å². The van der Waals surface area contributed by atoms with Gasteiger partial charge in [0.1, 0.15) is 18.9 Å². The van der Waals surface area contributed by atoms with Crippen LogP contribution >= 0.6 is 0 Å². The molecule has 4 aliphatic rings. The van der Waals surface area contributed by atoms with E-state index >= 15 is 0 Å². The molecule has 3 heterocycles. The normalized spacial score (nSPS) is 29.4. The molecule has 40 heavy (non-hydrogen) atoms. The van der Waals surface area contributed by atoms with Crippen LogP contribution in [0.25, 0.3) is 11.2 Å². The third-order valence-corrected chi connectivity index (χ3v) is 8.97. The molecule has 2 aromatic heterocycles. The summed E-state index contributed by atoms with van der Waals surface area (Å²) in [6, 6.07) is 0. The first-order chi connectivity index (χ1) is 19.3. The van der Waals surface area contributed by atoms with E-state index in [9.17, 15) is 19.1 Å². The fraction of sp³-hybridized carbons (Fsp3) is 0.690. The molecule has 216 valence electrons. The number of ether oxygens (including phenoxy) is 2. The number of fused-ring (bicyclic) bond motifs is 4. The Labute approximate surface area is 233 Å². The molecule has 1 aliphatic heterocycles. The molecule has 0 radical (unpaired) electrons. The van der Waals surface area contributed by atoms with Gasteiger partial charge in [-0.1, -0.05) is 38.5 Å². The van der Waals surface area contributed by atoms with Gasteiger partial charge in [-0.2, -0.15) is 14.4 Å². The van der Waals surface area contributed by atoms with Gasteiger partial charge >= 0.3 is 12.0 Å². The van der Waals surface area contributed by atoms with Crippen LogP contribution in [-0.2, 0) is 19.1 Å². The van der Waals surface area contributed by atoms with Crippen LogP contribution in [0.5, 0.6) is 0 Å². The highest BCUT2D eigenvalue weighted by atomic mass is 19.1. The lowest BCUT2D eigenvalue weighted by Gasteiger charge is -2.44. The predicted molar refractivity (Wildman–Crippen MR) is 144 cm³/mol. The zero-order valence-electron chi connectivity index (χ0n) is 23.0. The topological polar surface area (TPSA) is 128 Å². The molecule has 2 N–H and O–H groups in total. The van der Waals surface area contributed by atoms with Crippen LogP contribution < -0.4 is 5.32 Å². The molecule has 0 aromatic carbocycles. The van der Waals surface area contributed by atoms with Crippen molar-refractivity contribution in [1.29, 1.82) is 0 Å². The quantitative estimate of drug-likeness (QED) is 0.180. The number of anilines is 1. The van der Waals surface area contributed by atoms with Crippen molar-refractivity contribution < 1.29 is 28.6 Å². The highest BCUT2D eigenvalue weighted by molar-refractivity contribution is 5.96. The molecule has 3 aliphatic carbocycles. The molecule has 1 amide bonds. The number of esters is 1. The van der Waals surface area contributed by atoms with Crippen LogP contribution in [-0.4, -0.2) is 54.8 Å². The number of aromatic nitrogens is 4. The Kier molecular flexibility index (Phi) is 8.38. The van der Waals surface area contributed by atoms with Gasteiger partial charge in [-0.25, -0.2) is 4.98 Å². The Hall–Kier alpha value is -3.10. The monoisotopic (exact) mass is 555 g/mol. The number of carbonyl (C=O) groups is 2. The number of rotatable bonds is 11. The number of halogens is 1. The van der Waals surface area contributed by atoms with E-state index in [1.807, 2.05) is 0 Å². The van der Waals surface area contributed by atoms with E-state index in [0.29, 0.717) is 12.3 Å². The summed E-state index contributed by atoms with van der Waals surface area (Å²) < 4.78 is 27.7. The fourth-order valence-electron chi connectivity index (χ4n) is 6.38. The van der Waals surface area contributed by atoms with Crippen molar-refractivity contribution in [2.24, 2.45) is 11.3 Å². The molecule has 0 unspecified atom stereocenters. The second kappa shape index (κ2) is 11.8. The SMILES string of the molecule is C#C[C@]1(COC(=O)C23CCC(CC2)CC3)O[C@@H](n2cnc3c(NC(=O)CCCCCCC)nc(F)nc32)C[C@@H]1O. The van der Waals surface area contributed by atoms with Crippen LogP contribution in [0.4, 0.5) is 10.2 Å². The fourth-order valence-corrected chi connectivity index (χ4v) is 6.38. The minimum Gasteiger partial charge on any atom is -0.461 e. The molecule has 6 rings (SSSR count). The van der Waals surface area contributed by atoms with E-state index in [1.54, 1.807) is 0 Å². The number of hydrogen-bond donors (Lipinski definition) is 2. The Morgan fingerprint density at radius 2 is 1.95 bits per heavy atom. The number of amides is 1. The van der Waals surface area contributed by atoms with Crippen molar-refractivity contribution in [2.75, 3.05) is 11.9 Å². The van der Waals surface area contributed by atoms with E-state index in [1.165, 1.54) is 10.9 Å². The van der Waals surface area contributed by atoms with Gasteiger partial charge in [-0.05, 0) is 50.9 Å². The molecule has 2 aromatic rings. The standard InChI is InChI=1S/C29H38FN5O5/c1-3-5-6-7-8-9-21(37)32-24-23-25(34-27(30)33-24)35(18-31-23)22-16-20(36)29(4-2,40-22)17-39-26(38)28-13-10-19(11-14-28)12-15-28/h2,18-20,22,36H,3,5-17H2,1H3,(H,32,33,34,37)/t19?,20-,22+,28?,29+/m0/s1. The van der Waals surface area contributed by atoms with E-state index in [0.717, 1.165) is 70.6 Å². The minimum absolute atomic E-state index is 0.0306. The zero-order chi connectivity index (χ0) is 28.3. The van der Waals surface area contributed by atoms with Gasteiger partial charge in [-0.15, -0.1) is 6.42 Å². The maximum absolute atomic E-state index is 14.4. The third kappa shape index (κ3) is 5.56. The predicted octanol–water partition coefficient (Wildman–Crippen LogP) is 4.43. The van der Waals surface area contributed by atoms with E-state index in [2.05, 4.69) is 33.1 Å². The lowest BCUT2D eigenvalue weighted by molar-refractivity contribution is -0.173. The zero-order valence-corrected chi connectivity index (χ0v) is 23.0. The highest BCUT2D eigenvalue weighted by Gasteiger charge is 2.52. The van der Waals surface area contributed by atoms with Gasteiger partial charge in [0.15, 0.2) is 22.6 Å². The molecular weight excluding hydrogens is 517 g/mol. The van der Waals surface area contributed by atoms with Gasteiger partial charge < -0.3 is 19.9 Å². The van der Waals surface area contributed by atoms with Crippen LogP contribution in [0.3, 0.4) is 0 Å². The Balaban J connectivity index is 1.27. The lowest BCUT2D eigenvalue weighted by atomic mass is 9.61. The second-order valence-electron chi connectivity index (χ2n) is 11.6. The first-order valence-corrected chi connectivity index (χ1v) is 14.5. The van der Waals surface area contributed by atoms with Crippen molar-refractivity contribution in [1.82, 2.24) is 19.5 Å². The summed E-state index contributed by atoms with van der Waals surface area (Å²) in [4.78, 5) is 37.5. The maximum Gasteiger partial charge on any atom is 0.312 e. The van der Waals surface area contributed by atoms with E-state index in [4.69, 9.17) is 15.9 Å². The van der Waals surface area contributed by atoms with E-state index < -0.39 is 29.4 Å². The number of unbranched alkanes of at least 4 members (excludes halogenated alkanes) is 4. The molecule has 2 bridgehead atoms. The average Bonchev–Trinajstić information content (AvgIpc) is 3.53. The maximum atomic E-state index is 14.4. The van der Waals surface area contributed by atoms with Gasteiger partial charge in [0.25, 0.3) is 0 Å². The molecule has 3 saturated carbocycles. The van der Waals surface area contributed by atoms with Crippen LogP contribution in [0.15, 0.2) is 6.33 Å². The van der Waals surface area contributed by atoms with Crippen molar-refractivity contribution in [3.8, 4) is 12.3 Å². The number of aliphatic hydroxyl groups is 1. The minimum atomic E-state index is -1.57. The smallest absolute Gasteiger partial charge is 0.312 e. The van der Waals surface area contributed by atoms with Crippen molar-refractivity contribution >= 4 is 28.9 Å². The number of aliphatic hydroxyl groups excluding tert-OH is 1. The average molecular weight is 556 g/mol. The van der Waals surface area contributed by atoms with Crippen molar-refractivity contribution in [3.63, 3.8) is 0 Å². The molecule has 11 heteroatoms. The summed E-state index contributed by atoms with van der Waals surface area (Å²) in [5.41, 5.74) is -1.76. The first kappa shape index (κ1) is 28.4. The number of terminal acetylenes is 1. The van der Waals surface area contributed by atoms with Crippen LogP contribution in [0.2, 0.25) is 0 Å². The Morgan fingerprint density at radius 3 is 2.65 bits per heavy atom. The summed E-state index contributed by atoms with van der Waals surface area (Å²) in [6.45, 7) is 1.83. The number of nitrogens with zero attached hydrogens (tertiary/aromatic N) is 4. The first-order valence-electron chi connectivity index (χ1n) is 14.5. The number of imidazole rings is 1. The Bertz CT molecular complexity index is 1270. The van der Waals surface area contributed by atoms with Gasteiger partial charge in [0.2, 0.25) is 5.91 Å². The largest absolute Gasteiger partial charge is 0.461 e. The number of carbonyl (C=O) groups excluding carboxylic acids is 2. The molecule has 4 fully saturated rings. The summed E-state index contributed by atoms with van der Waals surface area (Å²) in [6.07, 6.45) is 15.0. The molecule has 0 spiro atoms. The summed E-state index contributed by atoms with van der Waals surface area (Å²) >= 11 is 0. The van der Waals surface area contributed by atoms with Gasteiger partial charge in [0, 0.05) is 12.8 Å². The molecule has 3 atom stereocenters. The van der Waals surface area contributed by atoms with E-state index in [-0.39, 0.29) is 41.9 Å². The van der Waals surface area contributed by atoms with Gasteiger partial charge in [-0.3, -0.25) is 14.2 Å². The van der Waals surface area contributed by atoms with Gasteiger partial charge in [0.05, 0.1) is 11.7 Å². The molecule has 1 saturated heterocycles.